The molecule has 1 heterocycles. The second-order valence-corrected chi connectivity index (χ2v) is 5.14. The number of hydrogen-bond acceptors (Lipinski definition) is 5. The number of hydrogen-bond donors (Lipinski definition) is 3. The van der Waals surface area contributed by atoms with Crippen molar-refractivity contribution < 1.29 is 8.78 Å². The molecule has 0 aliphatic heterocycles. The summed E-state index contributed by atoms with van der Waals surface area (Å²) in [6.07, 6.45) is 7.18. The van der Waals surface area contributed by atoms with E-state index < -0.39 is 6.17 Å². The molecular weight excluding hydrogens is 350 g/mol. The Morgan fingerprint density at radius 3 is 2.33 bits per heavy atom. The molecule has 0 saturated heterocycles. The summed E-state index contributed by atoms with van der Waals surface area (Å²) in [7, 11) is 2.26. The molecule has 0 aliphatic rings. The Bertz CT molecular complexity index is 584. The number of anilines is 2. The largest absolute Gasteiger partial charge is 0.371 e. The van der Waals surface area contributed by atoms with Gasteiger partial charge in [-0.05, 0) is 33.8 Å². The van der Waals surface area contributed by atoms with E-state index in [4.69, 9.17) is 0 Å². The fraction of sp³-hybridized carbons (Fsp3) is 0.526. The number of allylic oxidation sites excluding steroid dienone is 4. The minimum Gasteiger partial charge on any atom is -0.371 e. The number of halogens is 2. The van der Waals surface area contributed by atoms with E-state index >= 15 is 0 Å². The fourth-order valence-corrected chi connectivity index (χ4v) is 1.65. The van der Waals surface area contributed by atoms with E-state index in [0.717, 1.165) is 0 Å². The first-order valence-corrected chi connectivity index (χ1v) is 8.93. The van der Waals surface area contributed by atoms with Gasteiger partial charge in [-0.2, -0.15) is 4.98 Å². The molecule has 27 heavy (non-hydrogen) atoms. The molecule has 0 radical (unpaired) electrons. The van der Waals surface area contributed by atoms with Gasteiger partial charge < -0.3 is 16.0 Å². The van der Waals surface area contributed by atoms with Gasteiger partial charge in [0.15, 0.2) is 5.82 Å². The summed E-state index contributed by atoms with van der Waals surface area (Å²) in [5.74, 6) is 1.12. The average Bonchev–Trinajstić information content (AvgIpc) is 2.67. The second kappa shape index (κ2) is 16.9. The Morgan fingerprint density at radius 2 is 1.85 bits per heavy atom. The van der Waals surface area contributed by atoms with Crippen LogP contribution in [0.3, 0.4) is 0 Å². The minimum atomic E-state index is -1.12. The van der Waals surface area contributed by atoms with Gasteiger partial charge in [-0.25, -0.2) is 14.4 Å². The molecule has 1 rings (SSSR count). The average molecular weight is 385 g/mol. The van der Waals surface area contributed by atoms with Crippen molar-refractivity contribution in [1.29, 1.82) is 0 Å². The SMILES string of the molecule is C/C=C\C=C(\NC=Nc1cnc(NC(C)C)nc1NC)C(C)F.CC.CF. The standard InChI is InChI=1S/C16H25FN6.C2H6.CH3F/c1-6-7-8-13(12(4)17)20-10-21-14-9-19-16(22-11(2)3)23-15(14)18-5;2*1-2/h6-12H,1-5H3,(H,20,21)(H2,18,19,22,23);1-2H3;1H3/b7-6-,13-8+;;. The van der Waals surface area contributed by atoms with Crippen LogP contribution in [0.5, 0.6) is 0 Å². The number of aliphatic imine (C=N–C) groups is 1. The molecule has 0 bridgehead atoms. The van der Waals surface area contributed by atoms with Crippen molar-refractivity contribution in [1.82, 2.24) is 15.3 Å². The Hall–Kier alpha value is -2.51. The quantitative estimate of drug-likeness (QED) is 0.333. The van der Waals surface area contributed by atoms with Crippen LogP contribution in [0, 0.1) is 0 Å². The molecule has 1 unspecified atom stereocenters. The number of nitrogens with one attached hydrogen (secondary N) is 3. The molecule has 0 aliphatic carbocycles. The third kappa shape index (κ3) is 11.7. The Labute approximate surface area is 162 Å². The molecule has 1 atom stereocenters. The van der Waals surface area contributed by atoms with Crippen molar-refractivity contribution in [3.8, 4) is 0 Å². The van der Waals surface area contributed by atoms with Crippen LogP contribution in [0.1, 0.15) is 41.5 Å². The van der Waals surface area contributed by atoms with E-state index in [0.29, 0.717) is 30.3 Å². The van der Waals surface area contributed by atoms with E-state index in [-0.39, 0.29) is 6.04 Å². The number of aromatic nitrogens is 2. The topological polar surface area (TPSA) is 74.2 Å². The highest BCUT2D eigenvalue weighted by Crippen LogP contribution is 2.22. The van der Waals surface area contributed by atoms with Gasteiger partial charge >= 0.3 is 0 Å². The van der Waals surface area contributed by atoms with E-state index in [1.54, 1.807) is 25.4 Å². The zero-order chi connectivity index (χ0) is 21.2. The molecule has 6 nitrogen and oxygen atoms in total. The molecule has 0 aromatic carbocycles. The van der Waals surface area contributed by atoms with Gasteiger partial charge in [-0.15, -0.1) is 0 Å². The van der Waals surface area contributed by atoms with Crippen LogP contribution in [0.25, 0.3) is 0 Å². The third-order valence-electron chi connectivity index (χ3n) is 2.76. The lowest BCUT2D eigenvalue weighted by Gasteiger charge is -2.11. The zero-order valence-electron chi connectivity index (χ0n) is 17.6. The third-order valence-corrected chi connectivity index (χ3v) is 2.76. The molecule has 0 spiro atoms. The summed E-state index contributed by atoms with van der Waals surface area (Å²) in [5, 5.41) is 8.94. The summed E-state index contributed by atoms with van der Waals surface area (Å²) in [5.41, 5.74) is 0.989. The molecule has 8 heteroatoms. The van der Waals surface area contributed by atoms with Gasteiger partial charge in [-0.3, -0.25) is 4.39 Å². The molecule has 0 fully saturated rings. The van der Waals surface area contributed by atoms with E-state index in [1.165, 1.54) is 13.3 Å². The molecule has 154 valence electrons. The van der Waals surface area contributed by atoms with Crippen molar-refractivity contribution in [2.24, 2.45) is 4.99 Å². The van der Waals surface area contributed by atoms with Crippen LogP contribution >= 0.6 is 0 Å². The monoisotopic (exact) mass is 384 g/mol. The maximum absolute atomic E-state index is 13.5. The molecule has 1 aromatic rings. The van der Waals surface area contributed by atoms with Gasteiger partial charge in [0.05, 0.1) is 25.4 Å². The van der Waals surface area contributed by atoms with Crippen molar-refractivity contribution in [3.05, 3.63) is 30.1 Å². The lowest BCUT2D eigenvalue weighted by Crippen LogP contribution is -2.17. The molecular formula is C19H34F2N6. The van der Waals surface area contributed by atoms with Crippen LogP contribution in [0.4, 0.5) is 26.2 Å². The van der Waals surface area contributed by atoms with Gasteiger partial charge in [0.2, 0.25) is 5.95 Å². The Balaban J connectivity index is 0. The predicted octanol–water partition coefficient (Wildman–Crippen LogP) is 5.02. The smallest absolute Gasteiger partial charge is 0.224 e. The van der Waals surface area contributed by atoms with Crippen LogP contribution in [0.15, 0.2) is 35.1 Å². The number of nitrogens with zero attached hydrogens (tertiary/aromatic N) is 3. The number of rotatable bonds is 8. The van der Waals surface area contributed by atoms with Crippen molar-refractivity contribution in [2.45, 2.75) is 53.8 Å². The number of alkyl halides is 2. The highest BCUT2D eigenvalue weighted by molar-refractivity contribution is 5.70. The summed E-state index contributed by atoms with van der Waals surface area (Å²) < 4.78 is 23.0. The highest BCUT2D eigenvalue weighted by atomic mass is 19.1. The zero-order valence-corrected chi connectivity index (χ0v) is 17.6. The summed E-state index contributed by atoms with van der Waals surface area (Å²) in [6.45, 7) is 11.4. The lowest BCUT2D eigenvalue weighted by molar-refractivity contribution is 0.402. The van der Waals surface area contributed by atoms with Crippen LogP contribution in [-0.2, 0) is 0 Å². The fourth-order valence-electron chi connectivity index (χ4n) is 1.65. The Morgan fingerprint density at radius 1 is 1.22 bits per heavy atom. The second-order valence-electron chi connectivity index (χ2n) is 5.14. The van der Waals surface area contributed by atoms with Gasteiger partial charge in [0.1, 0.15) is 11.9 Å². The first-order valence-electron chi connectivity index (χ1n) is 8.93. The maximum Gasteiger partial charge on any atom is 0.224 e. The minimum absolute atomic E-state index is 0.237. The van der Waals surface area contributed by atoms with Gasteiger partial charge in [0.25, 0.3) is 0 Å². The summed E-state index contributed by atoms with van der Waals surface area (Å²) in [4.78, 5) is 12.8. The van der Waals surface area contributed by atoms with E-state index in [1.807, 2.05) is 40.7 Å². The van der Waals surface area contributed by atoms with Crippen LogP contribution in [-0.4, -0.2) is 42.7 Å². The van der Waals surface area contributed by atoms with Gasteiger partial charge in [-0.1, -0.05) is 26.0 Å². The van der Waals surface area contributed by atoms with Crippen molar-refractivity contribution >= 4 is 23.8 Å². The van der Waals surface area contributed by atoms with Crippen molar-refractivity contribution in [3.63, 3.8) is 0 Å². The van der Waals surface area contributed by atoms with Crippen molar-refractivity contribution in [2.75, 3.05) is 24.9 Å². The van der Waals surface area contributed by atoms with Gasteiger partial charge in [0, 0.05) is 13.1 Å². The Kier molecular flexibility index (Phi) is 16.8. The predicted molar refractivity (Wildman–Crippen MR) is 113 cm³/mol. The van der Waals surface area contributed by atoms with E-state index in [2.05, 4.69) is 30.9 Å². The molecule has 0 saturated carbocycles. The molecule has 1 aromatic heterocycles. The maximum atomic E-state index is 13.5. The highest BCUT2D eigenvalue weighted by Gasteiger charge is 2.06. The summed E-state index contributed by atoms with van der Waals surface area (Å²) in [6, 6.07) is 0.237. The molecule has 0 amide bonds. The van der Waals surface area contributed by atoms with Crippen LogP contribution < -0.4 is 16.0 Å². The normalized spacial score (nSPS) is 12.2. The lowest BCUT2D eigenvalue weighted by atomic mass is 10.3. The van der Waals surface area contributed by atoms with E-state index in [9.17, 15) is 8.78 Å². The van der Waals surface area contributed by atoms with Crippen LogP contribution in [0.2, 0.25) is 0 Å². The first kappa shape index (κ1) is 26.7. The summed E-state index contributed by atoms with van der Waals surface area (Å²) >= 11 is 0. The molecule has 3 N–H and O–H groups in total. The first-order chi connectivity index (χ1) is 13.0.